The minimum Gasteiger partial charge on any atom is -0.469 e. The predicted molar refractivity (Wildman–Crippen MR) is 59.6 cm³/mol. The van der Waals surface area contributed by atoms with E-state index >= 15 is 0 Å². The number of nitrogens with one attached hydrogen (secondary N) is 2. The average molecular weight is 233 g/mol. The third kappa shape index (κ3) is 3.04. The largest absolute Gasteiger partial charge is 0.469 e. The van der Waals surface area contributed by atoms with Crippen molar-refractivity contribution in [3.05, 3.63) is 52.3 Å². The van der Waals surface area contributed by atoms with Crippen molar-refractivity contribution < 1.29 is 9.21 Å². The maximum Gasteiger partial charge on any atom is 0.271 e. The summed E-state index contributed by atoms with van der Waals surface area (Å²) in [6.07, 6.45) is 2.20. The van der Waals surface area contributed by atoms with Gasteiger partial charge in [0.2, 0.25) is 0 Å². The van der Waals surface area contributed by atoms with Crippen LogP contribution >= 0.6 is 0 Å². The zero-order valence-electron chi connectivity index (χ0n) is 8.97. The van der Waals surface area contributed by atoms with Gasteiger partial charge in [-0.2, -0.15) is 5.10 Å². The van der Waals surface area contributed by atoms with Crippen LogP contribution in [0.3, 0.4) is 0 Å². The lowest BCUT2D eigenvalue weighted by molar-refractivity contribution is 0.0947. The van der Waals surface area contributed by atoms with Gasteiger partial charge < -0.3 is 9.73 Å². The van der Waals surface area contributed by atoms with E-state index in [9.17, 15) is 9.59 Å². The molecule has 0 atom stereocenters. The summed E-state index contributed by atoms with van der Waals surface area (Å²) in [6.45, 7) is 0.452. The van der Waals surface area contributed by atoms with E-state index < -0.39 is 0 Å². The quantitative estimate of drug-likeness (QED) is 0.796. The van der Waals surface area contributed by atoms with E-state index in [1.54, 1.807) is 12.3 Å². The Labute approximate surface area is 96.7 Å². The van der Waals surface area contributed by atoms with Gasteiger partial charge in [0.05, 0.1) is 6.26 Å². The highest BCUT2D eigenvalue weighted by molar-refractivity contribution is 5.91. The van der Waals surface area contributed by atoms with Crippen LogP contribution < -0.4 is 10.9 Å². The third-order valence-electron chi connectivity index (χ3n) is 2.15. The number of aromatic amines is 1. The third-order valence-corrected chi connectivity index (χ3v) is 2.15. The summed E-state index contributed by atoms with van der Waals surface area (Å²) in [6, 6.07) is 6.26. The van der Waals surface area contributed by atoms with Gasteiger partial charge in [0.15, 0.2) is 0 Å². The SMILES string of the molecule is O=C(NCCc1ccco1)c1ccc(=O)[nH]n1. The molecule has 1 amide bonds. The van der Waals surface area contributed by atoms with Gasteiger partial charge in [-0.05, 0) is 18.2 Å². The smallest absolute Gasteiger partial charge is 0.271 e. The lowest BCUT2D eigenvalue weighted by Gasteiger charge is -2.02. The lowest BCUT2D eigenvalue weighted by Crippen LogP contribution is -2.27. The van der Waals surface area contributed by atoms with Crippen molar-refractivity contribution in [1.82, 2.24) is 15.5 Å². The van der Waals surface area contributed by atoms with E-state index in [-0.39, 0.29) is 17.2 Å². The highest BCUT2D eigenvalue weighted by Gasteiger charge is 2.06. The molecule has 6 heteroatoms. The maximum absolute atomic E-state index is 11.6. The molecule has 0 saturated carbocycles. The van der Waals surface area contributed by atoms with Crippen molar-refractivity contribution in [1.29, 1.82) is 0 Å². The van der Waals surface area contributed by atoms with E-state index in [4.69, 9.17) is 4.42 Å². The Morgan fingerprint density at radius 1 is 1.41 bits per heavy atom. The molecule has 0 fully saturated rings. The number of hydrogen-bond donors (Lipinski definition) is 2. The normalized spacial score (nSPS) is 10.1. The van der Waals surface area contributed by atoms with Crippen LogP contribution in [0.5, 0.6) is 0 Å². The molecule has 0 unspecified atom stereocenters. The average Bonchev–Trinajstić information content (AvgIpc) is 2.83. The molecule has 2 aromatic heterocycles. The van der Waals surface area contributed by atoms with Crippen molar-refractivity contribution >= 4 is 5.91 Å². The second kappa shape index (κ2) is 5.11. The number of hydrogen-bond acceptors (Lipinski definition) is 4. The summed E-state index contributed by atoms with van der Waals surface area (Å²) >= 11 is 0. The first-order valence-electron chi connectivity index (χ1n) is 5.12. The van der Waals surface area contributed by atoms with Crippen molar-refractivity contribution in [3.63, 3.8) is 0 Å². The van der Waals surface area contributed by atoms with Crippen LogP contribution in [0.4, 0.5) is 0 Å². The van der Waals surface area contributed by atoms with Gasteiger partial charge >= 0.3 is 0 Å². The standard InChI is InChI=1S/C11H11N3O3/c15-10-4-3-9(13-14-10)11(16)12-6-5-8-2-1-7-17-8/h1-4,7H,5-6H2,(H,12,16)(H,14,15). The summed E-state index contributed by atoms with van der Waals surface area (Å²) in [5.74, 6) is 0.479. The second-order valence-corrected chi connectivity index (χ2v) is 3.39. The summed E-state index contributed by atoms with van der Waals surface area (Å²) in [4.78, 5) is 22.3. The van der Waals surface area contributed by atoms with Crippen LogP contribution in [-0.4, -0.2) is 22.6 Å². The molecule has 0 radical (unpaired) electrons. The molecule has 2 heterocycles. The molecule has 17 heavy (non-hydrogen) atoms. The van der Waals surface area contributed by atoms with Crippen LogP contribution in [0.1, 0.15) is 16.2 Å². The van der Waals surface area contributed by atoms with Crippen molar-refractivity contribution in [2.75, 3.05) is 6.54 Å². The van der Waals surface area contributed by atoms with Gasteiger partial charge in [-0.3, -0.25) is 9.59 Å². The molecule has 2 N–H and O–H groups in total. The van der Waals surface area contributed by atoms with Gasteiger partial charge in [0.25, 0.3) is 11.5 Å². The Morgan fingerprint density at radius 3 is 2.94 bits per heavy atom. The molecule has 6 nitrogen and oxygen atoms in total. The summed E-state index contributed by atoms with van der Waals surface area (Å²) < 4.78 is 5.12. The van der Waals surface area contributed by atoms with E-state index in [1.807, 2.05) is 6.07 Å². The molecule has 88 valence electrons. The zero-order valence-corrected chi connectivity index (χ0v) is 8.97. The Hall–Kier alpha value is -2.37. The number of H-pyrrole nitrogens is 1. The molecule has 0 aliphatic carbocycles. The topological polar surface area (TPSA) is 88.0 Å². The number of aromatic nitrogens is 2. The fourth-order valence-corrected chi connectivity index (χ4v) is 1.32. The van der Waals surface area contributed by atoms with Crippen LogP contribution in [0.15, 0.2) is 39.7 Å². The first-order chi connectivity index (χ1) is 8.25. The minimum atomic E-state index is -0.336. The van der Waals surface area contributed by atoms with Gasteiger partial charge in [0.1, 0.15) is 11.5 Å². The minimum absolute atomic E-state index is 0.184. The first-order valence-corrected chi connectivity index (χ1v) is 5.12. The molecule has 2 rings (SSSR count). The molecular formula is C11H11N3O3. The second-order valence-electron chi connectivity index (χ2n) is 3.39. The number of carbonyl (C=O) groups excluding carboxylic acids is 1. The monoisotopic (exact) mass is 233 g/mol. The van der Waals surface area contributed by atoms with E-state index in [0.29, 0.717) is 13.0 Å². The lowest BCUT2D eigenvalue weighted by atomic mass is 10.3. The summed E-state index contributed by atoms with van der Waals surface area (Å²) in [5, 5.41) is 8.49. The summed E-state index contributed by atoms with van der Waals surface area (Å²) in [5.41, 5.74) is -0.152. The van der Waals surface area contributed by atoms with Crippen molar-refractivity contribution in [2.24, 2.45) is 0 Å². The number of amides is 1. The number of nitrogens with zero attached hydrogens (tertiary/aromatic N) is 1. The number of rotatable bonds is 4. The van der Waals surface area contributed by atoms with E-state index in [0.717, 1.165) is 5.76 Å². The molecular weight excluding hydrogens is 222 g/mol. The van der Waals surface area contributed by atoms with E-state index in [1.165, 1.54) is 12.1 Å². The van der Waals surface area contributed by atoms with Gasteiger partial charge in [0, 0.05) is 19.0 Å². The Morgan fingerprint density at radius 2 is 2.29 bits per heavy atom. The van der Waals surface area contributed by atoms with Crippen molar-refractivity contribution in [3.8, 4) is 0 Å². The fourth-order valence-electron chi connectivity index (χ4n) is 1.32. The van der Waals surface area contributed by atoms with Crippen LogP contribution in [0.2, 0.25) is 0 Å². The van der Waals surface area contributed by atoms with E-state index in [2.05, 4.69) is 15.5 Å². The van der Waals surface area contributed by atoms with Gasteiger partial charge in [-0.15, -0.1) is 0 Å². The van der Waals surface area contributed by atoms with Crippen LogP contribution in [-0.2, 0) is 6.42 Å². The van der Waals surface area contributed by atoms with Crippen LogP contribution in [0.25, 0.3) is 0 Å². The number of carbonyl (C=O) groups is 1. The molecule has 0 aromatic carbocycles. The Kier molecular flexibility index (Phi) is 3.34. The fraction of sp³-hybridized carbons (Fsp3) is 0.182. The van der Waals surface area contributed by atoms with Crippen LogP contribution in [0, 0.1) is 0 Å². The molecule has 0 bridgehead atoms. The Bertz CT molecular complexity index is 525. The Balaban J connectivity index is 1.85. The zero-order chi connectivity index (χ0) is 12.1. The number of furan rings is 1. The van der Waals surface area contributed by atoms with Gasteiger partial charge in [-0.25, -0.2) is 5.10 Å². The maximum atomic E-state index is 11.6. The predicted octanol–water partition coefficient (Wildman–Crippen LogP) is 0.335. The molecule has 0 saturated heterocycles. The molecule has 0 spiro atoms. The molecule has 2 aromatic rings. The highest BCUT2D eigenvalue weighted by atomic mass is 16.3. The first kappa shape index (κ1) is 11.1. The highest BCUT2D eigenvalue weighted by Crippen LogP contribution is 1.99. The molecule has 0 aliphatic heterocycles. The summed E-state index contributed by atoms with van der Waals surface area (Å²) in [7, 11) is 0. The molecule has 0 aliphatic rings. The van der Waals surface area contributed by atoms with Crippen molar-refractivity contribution in [2.45, 2.75) is 6.42 Å². The van der Waals surface area contributed by atoms with Gasteiger partial charge in [-0.1, -0.05) is 0 Å².